The summed E-state index contributed by atoms with van der Waals surface area (Å²) in [6, 6.07) is 7.85. The molecule has 0 saturated heterocycles. The molecule has 27 heavy (non-hydrogen) atoms. The molecule has 1 aromatic rings. The Balaban J connectivity index is 2.38. The summed E-state index contributed by atoms with van der Waals surface area (Å²) in [5.74, 6) is -2.04. The van der Waals surface area contributed by atoms with Gasteiger partial charge in [-0.25, -0.2) is 9.59 Å². The average Bonchev–Trinajstić information content (AvgIpc) is 2.57. The molecule has 0 saturated carbocycles. The van der Waals surface area contributed by atoms with Gasteiger partial charge in [0.05, 0.1) is 6.54 Å². The first-order valence-corrected chi connectivity index (χ1v) is 8.61. The van der Waals surface area contributed by atoms with Crippen LogP contribution in [0.2, 0.25) is 0 Å². The number of carbonyl (C=O) groups excluding carboxylic acids is 3. The third-order valence-corrected chi connectivity index (χ3v) is 3.38. The molecule has 0 fully saturated rings. The van der Waals surface area contributed by atoms with E-state index in [4.69, 9.17) is 4.74 Å². The van der Waals surface area contributed by atoms with E-state index in [1.54, 1.807) is 45.0 Å². The van der Waals surface area contributed by atoms with Gasteiger partial charge in [0.25, 0.3) is 0 Å². The van der Waals surface area contributed by atoms with Crippen molar-refractivity contribution in [2.24, 2.45) is 0 Å². The molecule has 0 bridgehead atoms. The lowest BCUT2D eigenvalue weighted by molar-refractivity contribution is -0.141. The lowest BCUT2D eigenvalue weighted by Crippen LogP contribution is -2.42. The first-order valence-electron chi connectivity index (χ1n) is 8.61. The van der Waals surface area contributed by atoms with Gasteiger partial charge in [0.15, 0.2) is 5.78 Å². The van der Waals surface area contributed by atoms with Gasteiger partial charge in [0.1, 0.15) is 11.6 Å². The summed E-state index contributed by atoms with van der Waals surface area (Å²) in [6.07, 6.45) is -0.836. The lowest BCUT2D eigenvalue weighted by Gasteiger charge is -2.19. The fourth-order valence-corrected chi connectivity index (χ4v) is 2.14. The Morgan fingerprint density at radius 2 is 1.70 bits per heavy atom. The molecule has 1 rings (SSSR count). The summed E-state index contributed by atoms with van der Waals surface area (Å²) < 4.78 is 5.00. The van der Waals surface area contributed by atoms with Gasteiger partial charge in [-0.05, 0) is 26.3 Å². The van der Waals surface area contributed by atoms with Crippen molar-refractivity contribution in [3.05, 3.63) is 35.9 Å². The van der Waals surface area contributed by atoms with Gasteiger partial charge < -0.3 is 20.5 Å². The number of amides is 2. The minimum Gasteiger partial charge on any atom is -0.480 e. The molecule has 8 heteroatoms. The number of hydrogen-bond acceptors (Lipinski definition) is 5. The molecule has 0 aliphatic heterocycles. The minimum atomic E-state index is -1.15. The predicted octanol–water partition coefficient (Wildman–Crippen LogP) is 1.67. The van der Waals surface area contributed by atoms with Crippen LogP contribution in [0.1, 0.15) is 39.2 Å². The van der Waals surface area contributed by atoms with Crippen LogP contribution in [0.3, 0.4) is 0 Å². The molecule has 0 spiro atoms. The molecule has 3 N–H and O–H groups in total. The molecule has 1 aromatic carbocycles. The quantitative estimate of drug-likeness (QED) is 0.601. The monoisotopic (exact) mass is 378 g/mol. The molecule has 0 aromatic heterocycles. The van der Waals surface area contributed by atoms with Gasteiger partial charge in [0, 0.05) is 19.3 Å². The Morgan fingerprint density at radius 1 is 1.07 bits per heavy atom. The zero-order chi connectivity index (χ0) is 20.4. The Hall–Kier alpha value is -2.90. The van der Waals surface area contributed by atoms with Crippen molar-refractivity contribution in [1.29, 1.82) is 0 Å². The molecule has 0 heterocycles. The standard InChI is InChI=1S/C19H26N2O6/c1-19(2,3)27-18(26)20-12-14(22)9-10-16(23)21-15(17(24)25)11-13-7-5-4-6-8-13/h4-8,15H,9-12H2,1-3H3,(H,20,26)(H,21,23)(H,24,25)/t15-/m0/s1. The van der Waals surface area contributed by atoms with E-state index in [1.165, 1.54) is 0 Å². The number of rotatable bonds is 9. The third kappa shape index (κ3) is 9.98. The maximum absolute atomic E-state index is 11.9. The van der Waals surface area contributed by atoms with Crippen LogP contribution in [-0.2, 0) is 25.5 Å². The second kappa shape index (κ2) is 10.3. The smallest absolute Gasteiger partial charge is 0.408 e. The number of nitrogens with one attached hydrogen (secondary N) is 2. The van der Waals surface area contributed by atoms with Gasteiger partial charge in [-0.3, -0.25) is 9.59 Å². The van der Waals surface area contributed by atoms with E-state index in [9.17, 15) is 24.3 Å². The normalized spacial score (nSPS) is 12.0. The largest absolute Gasteiger partial charge is 0.480 e. The van der Waals surface area contributed by atoms with Crippen LogP contribution >= 0.6 is 0 Å². The number of ketones is 1. The van der Waals surface area contributed by atoms with Crippen LogP contribution in [0.4, 0.5) is 4.79 Å². The summed E-state index contributed by atoms with van der Waals surface area (Å²) >= 11 is 0. The van der Waals surface area contributed by atoms with E-state index in [0.717, 1.165) is 5.56 Å². The van der Waals surface area contributed by atoms with Gasteiger partial charge in [-0.15, -0.1) is 0 Å². The summed E-state index contributed by atoms with van der Waals surface area (Å²) in [5, 5.41) is 14.0. The topological polar surface area (TPSA) is 122 Å². The molecule has 0 aliphatic carbocycles. The summed E-state index contributed by atoms with van der Waals surface area (Å²) in [7, 11) is 0. The molecule has 0 radical (unpaired) electrons. The van der Waals surface area contributed by atoms with E-state index in [2.05, 4.69) is 10.6 Å². The van der Waals surface area contributed by atoms with E-state index in [-0.39, 0.29) is 31.6 Å². The van der Waals surface area contributed by atoms with Crippen LogP contribution in [0.5, 0.6) is 0 Å². The Kier molecular flexibility index (Phi) is 8.44. The maximum Gasteiger partial charge on any atom is 0.408 e. The number of ether oxygens (including phenoxy) is 1. The molecular weight excluding hydrogens is 352 g/mol. The average molecular weight is 378 g/mol. The lowest BCUT2D eigenvalue weighted by atomic mass is 10.1. The zero-order valence-electron chi connectivity index (χ0n) is 15.8. The minimum absolute atomic E-state index is 0.112. The summed E-state index contributed by atoms with van der Waals surface area (Å²) in [4.78, 5) is 46.5. The SMILES string of the molecule is CC(C)(C)OC(=O)NCC(=O)CCC(=O)N[C@@H](Cc1ccccc1)C(=O)O. The van der Waals surface area contributed by atoms with Crippen molar-refractivity contribution in [2.75, 3.05) is 6.54 Å². The van der Waals surface area contributed by atoms with E-state index < -0.39 is 29.6 Å². The molecule has 1 atom stereocenters. The van der Waals surface area contributed by atoms with E-state index in [1.807, 2.05) is 6.07 Å². The van der Waals surface area contributed by atoms with Crippen LogP contribution in [0.15, 0.2) is 30.3 Å². The summed E-state index contributed by atoms with van der Waals surface area (Å²) in [5.41, 5.74) is 0.111. The third-order valence-electron chi connectivity index (χ3n) is 3.38. The first-order chi connectivity index (χ1) is 12.6. The van der Waals surface area contributed by atoms with Crippen molar-refractivity contribution in [1.82, 2.24) is 10.6 Å². The van der Waals surface area contributed by atoms with Crippen molar-refractivity contribution in [3.63, 3.8) is 0 Å². The fourth-order valence-electron chi connectivity index (χ4n) is 2.14. The van der Waals surface area contributed by atoms with Crippen LogP contribution in [-0.4, -0.2) is 47.0 Å². The highest BCUT2D eigenvalue weighted by atomic mass is 16.6. The number of Topliss-reactive ketones (excluding diaryl/α,β-unsaturated/α-hetero) is 1. The van der Waals surface area contributed by atoms with Crippen molar-refractivity contribution >= 4 is 23.8 Å². The van der Waals surface area contributed by atoms with Gasteiger partial charge in [-0.2, -0.15) is 0 Å². The van der Waals surface area contributed by atoms with E-state index >= 15 is 0 Å². The fraction of sp³-hybridized carbons (Fsp3) is 0.474. The maximum atomic E-state index is 11.9. The Labute approximate surface area is 158 Å². The van der Waals surface area contributed by atoms with Crippen LogP contribution in [0, 0.1) is 0 Å². The highest BCUT2D eigenvalue weighted by Gasteiger charge is 2.21. The van der Waals surface area contributed by atoms with Crippen molar-refractivity contribution in [3.8, 4) is 0 Å². The number of benzene rings is 1. The highest BCUT2D eigenvalue weighted by molar-refractivity contribution is 5.89. The molecule has 148 valence electrons. The Bertz CT molecular complexity index is 667. The number of carboxylic acids is 1. The van der Waals surface area contributed by atoms with Gasteiger partial charge in [0.2, 0.25) is 5.91 Å². The molecule has 8 nitrogen and oxygen atoms in total. The zero-order valence-corrected chi connectivity index (χ0v) is 15.8. The van der Waals surface area contributed by atoms with Gasteiger partial charge in [-0.1, -0.05) is 30.3 Å². The summed E-state index contributed by atoms with van der Waals surface area (Å²) in [6.45, 7) is 4.85. The van der Waals surface area contributed by atoms with Crippen LogP contribution in [0.25, 0.3) is 0 Å². The number of alkyl carbamates (subject to hydrolysis) is 1. The second-order valence-electron chi connectivity index (χ2n) is 7.04. The highest BCUT2D eigenvalue weighted by Crippen LogP contribution is 2.06. The number of hydrogen-bond donors (Lipinski definition) is 3. The van der Waals surface area contributed by atoms with Crippen molar-refractivity contribution < 1.29 is 29.0 Å². The molecule has 0 aliphatic rings. The van der Waals surface area contributed by atoms with Crippen LogP contribution < -0.4 is 10.6 Å². The van der Waals surface area contributed by atoms with Gasteiger partial charge >= 0.3 is 12.1 Å². The molecular formula is C19H26N2O6. The second-order valence-corrected chi connectivity index (χ2v) is 7.04. The molecule has 2 amide bonds. The number of carbonyl (C=O) groups is 4. The first kappa shape index (κ1) is 22.1. The van der Waals surface area contributed by atoms with E-state index in [0.29, 0.717) is 0 Å². The Morgan fingerprint density at radius 3 is 2.26 bits per heavy atom. The predicted molar refractivity (Wildman–Crippen MR) is 98.2 cm³/mol. The number of aliphatic carboxylic acids is 1. The van der Waals surface area contributed by atoms with Crippen molar-refractivity contribution in [2.45, 2.75) is 51.7 Å². The molecule has 0 unspecified atom stereocenters. The number of carboxylic acid groups (broad SMARTS) is 1.